The maximum atomic E-state index is 13.0. The Labute approximate surface area is 196 Å². The van der Waals surface area contributed by atoms with E-state index in [0.717, 1.165) is 18.2 Å². The van der Waals surface area contributed by atoms with Crippen LogP contribution in [0, 0.1) is 0 Å². The number of esters is 1. The summed E-state index contributed by atoms with van der Waals surface area (Å²) < 4.78 is 4.54. The van der Waals surface area contributed by atoms with E-state index < -0.39 is 23.3 Å². The van der Waals surface area contributed by atoms with Gasteiger partial charge in [-0.25, -0.2) is 4.79 Å². The molecule has 0 saturated heterocycles. The van der Waals surface area contributed by atoms with Crippen molar-refractivity contribution in [3.63, 3.8) is 0 Å². The van der Waals surface area contributed by atoms with Gasteiger partial charge in [0, 0.05) is 11.8 Å². The van der Waals surface area contributed by atoms with Crippen LogP contribution in [0.25, 0.3) is 0 Å². The van der Waals surface area contributed by atoms with E-state index in [1.807, 2.05) is 60.6 Å². The molecule has 1 atom stereocenters. The summed E-state index contributed by atoms with van der Waals surface area (Å²) in [5.74, 6) is -1.39. The van der Waals surface area contributed by atoms with Crippen molar-refractivity contribution in [1.82, 2.24) is 0 Å². The average molecular weight is 457 g/mol. The monoisotopic (exact) mass is 456 g/mol. The average Bonchev–Trinajstić information content (AvgIpc) is 2.71. The van der Waals surface area contributed by atoms with Crippen LogP contribution in [0.15, 0.2) is 36.4 Å². The lowest BCUT2D eigenvalue weighted by molar-refractivity contribution is -0.155. The number of aliphatic hydroxyl groups is 1. The molecule has 0 bridgehead atoms. The smallest absolute Gasteiger partial charge is 0.342 e. The van der Waals surface area contributed by atoms with Gasteiger partial charge in [0.25, 0.3) is 0 Å². The predicted molar refractivity (Wildman–Crippen MR) is 128 cm³/mol. The Morgan fingerprint density at radius 3 is 1.55 bits per heavy atom. The molecule has 0 saturated carbocycles. The Balaban J connectivity index is 2.76. The highest BCUT2D eigenvalue weighted by Crippen LogP contribution is 2.43. The van der Waals surface area contributed by atoms with Crippen LogP contribution in [-0.4, -0.2) is 40.3 Å². The normalized spacial score (nSPS) is 13.5. The van der Waals surface area contributed by atoms with Crippen LogP contribution in [0.5, 0.6) is 11.5 Å². The molecular formula is C27H36O6. The summed E-state index contributed by atoms with van der Waals surface area (Å²) in [6.45, 7) is 13.7. The third-order valence-electron chi connectivity index (χ3n) is 6.14. The number of phenols is 2. The van der Waals surface area contributed by atoms with Gasteiger partial charge >= 0.3 is 5.97 Å². The van der Waals surface area contributed by atoms with Gasteiger partial charge in [0.15, 0.2) is 5.78 Å². The molecule has 0 spiro atoms. The number of hydrogen-bond donors (Lipinski definition) is 3. The Hall–Kier alpha value is -2.86. The number of ether oxygens (including phenoxy) is 1. The second-order valence-corrected chi connectivity index (χ2v) is 10.9. The first kappa shape index (κ1) is 26.4. The van der Waals surface area contributed by atoms with Crippen molar-refractivity contribution >= 4 is 11.8 Å². The van der Waals surface area contributed by atoms with Crippen molar-refractivity contribution in [3.8, 4) is 11.5 Å². The molecule has 0 aliphatic heterocycles. The number of carbonyl (C=O) groups is 2. The molecule has 0 heterocycles. The third kappa shape index (κ3) is 5.56. The van der Waals surface area contributed by atoms with Crippen molar-refractivity contribution in [3.05, 3.63) is 58.7 Å². The predicted octanol–water partition coefficient (Wildman–Crippen LogP) is 4.49. The van der Waals surface area contributed by atoms with E-state index in [9.17, 15) is 24.9 Å². The number of rotatable bonds is 6. The number of benzene rings is 2. The zero-order valence-electron chi connectivity index (χ0n) is 20.8. The van der Waals surface area contributed by atoms with Gasteiger partial charge in [-0.05, 0) is 45.2 Å². The molecule has 33 heavy (non-hydrogen) atoms. The first-order valence-electron chi connectivity index (χ1n) is 11.0. The number of aliphatic hydroxyl groups excluding tert-OH is 1. The first-order valence-corrected chi connectivity index (χ1v) is 11.0. The summed E-state index contributed by atoms with van der Waals surface area (Å²) in [6.07, 6.45) is -2.08. The molecule has 1 unspecified atom stereocenters. The zero-order chi connectivity index (χ0) is 25.4. The van der Waals surface area contributed by atoms with Crippen LogP contribution in [0.4, 0.5) is 0 Å². The second-order valence-electron chi connectivity index (χ2n) is 10.9. The van der Waals surface area contributed by atoms with Crippen molar-refractivity contribution in [2.45, 2.75) is 77.2 Å². The summed E-state index contributed by atoms with van der Waals surface area (Å²) >= 11 is 0. The molecule has 2 aromatic carbocycles. The van der Waals surface area contributed by atoms with E-state index in [1.165, 1.54) is 0 Å². The van der Waals surface area contributed by atoms with Gasteiger partial charge in [0.05, 0.1) is 7.11 Å². The fourth-order valence-electron chi connectivity index (χ4n) is 4.02. The summed E-state index contributed by atoms with van der Waals surface area (Å²) in [5, 5.41) is 31.1. The standard InChI is InChI=1S/C27H36O6/c1-25(2,3)18-13-16(9-11-20(18)28)27(7,15-22(30)23(31)24(32)33-8)17-10-12-21(29)19(14-17)26(4,5)6/h9-14,23,28-29,31H,15H2,1-8H3. The van der Waals surface area contributed by atoms with Crippen LogP contribution < -0.4 is 0 Å². The van der Waals surface area contributed by atoms with Crippen LogP contribution in [-0.2, 0) is 30.6 Å². The van der Waals surface area contributed by atoms with Crippen molar-refractivity contribution in [1.29, 1.82) is 0 Å². The molecule has 3 N–H and O–H groups in total. The topological polar surface area (TPSA) is 104 Å². The molecule has 0 radical (unpaired) electrons. The first-order chi connectivity index (χ1) is 15.0. The van der Waals surface area contributed by atoms with Crippen molar-refractivity contribution < 1.29 is 29.6 Å². The van der Waals surface area contributed by atoms with E-state index in [4.69, 9.17) is 0 Å². The molecular weight excluding hydrogens is 420 g/mol. The molecule has 2 rings (SSSR count). The fraction of sp³-hybridized carbons (Fsp3) is 0.481. The zero-order valence-corrected chi connectivity index (χ0v) is 20.8. The van der Waals surface area contributed by atoms with E-state index >= 15 is 0 Å². The molecule has 0 aliphatic rings. The Morgan fingerprint density at radius 2 is 1.21 bits per heavy atom. The fourth-order valence-corrected chi connectivity index (χ4v) is 4.02. The molecule has 0 amide bonds. The van der Waals surface area contributed by atoms with Crippen LogP contribution in [0.2, 0.25) is 0 Å². The van der Waals surface area contributed by atoms with Gasteiger partial charge in [0.1, 0.15) is 11.5 Å². The number of carbonyl (C=O) groups excluding carboxylic acids is 2. The molecule has 0 aliphatic carbocycles. The second kappa shape index (κ2) is 9.18. The highest BCUT2D eigenvalue weighted by molar-refractivity contribution is 6.02. The Kier molecular flexibility index (Phi) is 7.34. The van der Waals surface area contributed by atoms with Crippen LogP contribution in [0.3, 0.4) is 0 Å². The number of hydrogen-bond acceptors (Lipinski definition) is 6. The summed E-state index contributed by atoms with van der Waals surface area (Å²) in [4.78, 5) is 24.8. The number of ketones is 1. The van der Waals surface area contributed by atoms with Crippen molar-refractivity contribution in [2.24, 2.45) is 0 Å². The molecule has 6 nitrogen and oxygen atoms in total. The van der Waals surface area contributed by atoms with E-state index in [1.54, 1.807) is 24.3 Å². The van der Waals surface area contributed by atoms with Crippen LogP contribution in [0.1, 0.15) is 77.1 Å². The Morgan fingerprint density at radius 1 is 0.818 bits per heavy atom. The SMILES string of the molecule is COC(=O)C(O)C(=O)CC(C)(c1ccc(O)c(C(C)(C)C)c1)c1ccc(O)c(C(C)(C)C)c1. The molecule has 0 fully saturated rings. The molecule has 180 valence electrons. The minimum atomic E-state index is -1.90. The third-order valence-corrected chi connectivity index (χ3v) is 6.14. The Bertz CT molecular complexity index is 976. The lowest BCUT2D eigenvalue weighted by Crippen LogP contribution is -2.37. The highest BCUT2D eigenvalue weighted by Gasteiger charge is 2.38. The maximum absolute atomic E-state index is 13.0. The molecule has 2 aromatic rings. The summed E-state index contributed by atoms with van der Waals surface area (Å²) in [6, 6.07) is 10.4. The van der Waals surface area contributed by atoms with Gasteiger partial charge in [0.2, 0.25) is 6.10 Å². The van der Waals surface area contributed by atoms with E-state index in [2.05, 4.69) is 4.74 Å². The van der Waals surface area contributed by atoms with E-state index in [-0.39, 0.29) is 28.7 Å². The number of methoxy groups -OCH3 is 1. The maximum Gasteiger partial charge on any atom is 0.342 e. The lowest BCUT2D eigenvalue weighted by atomic mass is 9.69. The minimum Gasteiger partial charge on any atom is -0.508 e. The van der Waals surface area contributed by atoms with E-state index in [0.29, 0.717) is 11.1 Å². The van der Waals surface area contributed by atoms with Gasteiger partial charge < -0.3 is 20.1 Å². The molecule has 6 heteroatoms. The quantitative estimate of drug-likeness (QED) is 0.437. The van der Waals surface area contributed by atoms with Crippen LogP contribution >= 0.6 is 0 Å². The minimum absolute atomic E-state index is 0.149. The van der Waals surface area contributed by atoms with Gasteiger partial charge in [-0.15, -0.1) is 0 Å². The lowest BCUT2D eigenvalue weighted by Gasteiger charge is -2.34. The number of Topliss-reactive ketones (excluding diaryl/α,β-unsaturated/α-hetero) is 1. The molecule has 0 aromatic heterocycles. The highest BCUT2D eigenvalue weighted by atomic mass is 16.5. The summed E-state index contributed by atoms with van der Waals surface area (Å²) in [5.41, 5.74) is 1.21. The van der Waals surface area contributed by atoms with Crippen molar-refractivity contribution in [2.75, 3.05) is 7.11 Å². The number of aromatic hydroxyl groups is 2. The number of phenolic OH excluding ortho intramolecular Hbond substituents is 2. The summed E-state index contributed by atoms with van der Waals surface area (Å²) in [7, 11) is 1.11. The van der Waals surface area contributed by atoms with Gasteiger partial charge in [-0.1, -0.05) is 72.7 Å². The van der Waals surface area contributed by atoms with Gasteiger partial charge in [-0.2, -0.15) is 0 Å². The largest absolute Gasteiger partial charge is 0.508 e. The van der Waals surface area contributed by atoms with Gasteiger partial charge in [-0.3, -0.25) is 4.79 Å².